The van der Waals surface area contributed by atoms with Crippen molar-refractivity contribution in [3.8, 4) is 0 Å². The number of fused-ring (bicyclic) bond motifs is 1. The highest BCUT2D eigenvalue weighted by Crippen LogP contribution is 2.48. The summed E-state index contributed by atoms with van der Waals surface area (Å²) in [4.78, 5) is 11.5. The van der Waals surface area contributed by atoms with Crippen LogP contribution in [-0.2, 0) is 9.53 Å². The molecular formula is C15H16O2. The van der Waals surface area contributed by atoms with E-state index >= 15 is 0 Å². The quantitative estimate of drug-likeness (QED) is 0.690. The highest BCUT2D eigenvalue weighted by atomic mass is 16.6. The highest BCUT2D eigenvalue weighted by Gasteiger charge is 2.48. The smallest absolute Gasteiger partial charge is 0.307 e. The molecule has 0 radical (unpaired) electrons. The predicted octanol–water partition coefficient (Wildman–Crippen LogP) is 3.19. The Morgan fingerprint density at radius 1 is 1.29 bits per heavy atom. The van der Waals surface area contributed by atoms with Crippen LogP contribution in [0.15, 0.2) is 36.4 Å². The minimum absolute atomic E-state index is 0.00297. The molecule has 0 aromatic heterocycles. The van der Waals surface area contributed by atoms with Crippen LogP contribution in [0.2, 0.25) is 0 Å². The van der Waals surface area contributed by atoms with Gasteiger partial charge in [0, 0.05) is 5.41 Å². The zero-order valence-corrected chi connectivity index (χ0v) is 9.98. The highest BCUT2D eigenvalue weighted by molar-refractivity contribution is 5.80. The second-order valence-electron chi connectivity index (χ2n) is 5.26. The van der Waals surface area contributed by atoms with E-state index in [9.17, 15) is 4.79 Å². The van der Waals surface area contributed by atoms with Crippen LogP contribution in [0.1, 0.15) is 31.7 Å². The first-order valence-electron chi connectivity index (χ1n) is 6.14. The van der Waals surface area contributed by atoms with Crippen molar-refractivity contribution in [2.45, 2.75) is 32.3 Å². The van der Waals surface area contributed by atoms with E-state index in [2.05, 4.69) is 25.1 Å². The number of carbonyl (C=O) groups excluding carboxylic acids is 1. The van der Waals surface area contributed by atoms with Crippen LogP contribution in [0.5, 0.6) is 0 Å². The van der Waals surface area contributed by atoms with Crippen LogP contribution in [0.3, 0.4) is 0 Å². The van der Waals surface area contributed by atoms with Crippen molar-refractivity contribution >= 4 is 11.5 Å². The van der Waals surface area contributed by atoms with Gasteiger partial charge >= 0.3 is 5.97 Å². The molecular weight excluding hydrogens is 212 g/mol. The number of hydrogen-bond acceptors (Lipinski definition) is 2. The van der Waals surface area contributed by atoms with E-state index in [1.54, 1.807) is 0 Å². The molecule has 2 atom stereocenters. The van der Waals surface area contributed by atoms with Gasteiger partial charge in [-0.05, 0) is 24.0 Å². The summed E-state index contributed by atoms with van der Waals surface area (Å²) in [6.07, 6.45) is 4.81. The second kappa shape index (κ2) is 3.73. The number of hydrogen-bond donors (Lipinski definition) is 0. The summed E-state index contributed by atoms with van der Waals surface area (Å²) in [6.45, 7) is 2.17. The molecule has 0 bridgehead atoms. The summed E-state index contributed by atoms with van der Waals surface area (Å²) in [7, 11) is 0. The van der Waals surface area contributed by atoms with E-state index in [-0.39, 0.29) is 17.5 Å². The van der Waals surface area contributed by atoms with Gasteiger partial charge < -0.3 is 4.74 Å². The average molecular weight is 228 g/mol. The lowest BCUT2D eigenvalue weighted by Gasteiger charge is -2.33. The molecule has 1 aliphatic carbocycles. The Labute approximate surface area is 101 Å². The number of rotatable bonds is 1. The Morgan fingerprint density at radius 2 is 2.06 bits per heavy atom. The maximum atomic E-state index is 11.5. The van der Waals surface area contributed by atoms with Gasteiger partial charge in [0.15, 0.2) is 0 Å². The first-order chi connectivity index (χ1) is 8.19. The fourth-order valence-electron chi connectivity index (χ4n) is 2.96. The SMILES string of the molecule is C[C@@]12CCC=C(c3ccccc3)[C@@H]1OC(=O)C2. The van der Waals surface area contributed by atoms with Gasteiger partial charge in [0.25, 0.3) is 0 Å². The Hall–Kier alpha value is -1.57. The molecule has 1 saturated heterocycles. The Kier molecular flexibility index (Phi) is 2.32. The molecule has 88 valence electrons. The second-order valence-corrected chi connectivity index (χ2v) is 5.26. The fraction of sp³-hybridized carbons (Fsp3) is 0.400. The van der Waals surface area contributed by atoms with Gasteiger partial charge in [-0.15, -0.1) is 0 Å². The third kappa shape index (κ3) is 1.68. The van der Waals surface area contributed by atoms with Gasteiger partial charge in [-0.3, -0.25) is 4.79 Å². The summed E-state index contributed by atoms with van der Waals surface area (Å²) in [6, 6.07) is 10.2. The lowest BCUT2D eigenvalue weighted by atomic mass is 9.71. The van der Waals surface area contributed by atoms with Crippen LogP contribution in [0, 0.1) is 5.41 Å². The van der Waals surface area contributed by atoms with Gasteiger partial charge in [0.2, 0.25) is 0 Å². The Bertz CT molecular complexity index is 475. The van der Waals surface area contributed by atoms with Gasteiger partial charge in [-0.1, -0.05) is 43.3 Å². The molecule has 1 heterocycles. The average Bonchev–Trinajstić information content (AvgIpc) is 2.64. The molecule has 2 aliphatic rings. The molecule has 0 spiro atoms. The molecule has 2 nitrogen and oxygen atoms in total. The van der Waals surface area contributed by atoms with Crippen LogP contribution < -0.4 is 0 Å². The number of allylic oxidation sites excluding steroid dienone is 1. The van der Waals surface area contributed by atoms with E-state index in [0.717, 1.165) is 12.8 Å². The summed E-state index contributed by atoms with van der Waals surface area (Å²) in [5, 5.41) is 0. The number of esters is 1. The Balaban J connectivity index is 2.01. The molecule has 0 saturated carbocycles. The van der Waals surface area contributed by atoms with Crippen LogP contribution in [-0.4, -0.2) is 12.1 Å². The minimum atomic E-state index is -0.0544. The minimum Gasteiger partial charge on any atom is -0.457 e. The molecule has 0 N–H and O–H groups in total. The van der Waals surface area contributed by atoms with E-state index in [4.69, 9.17) is 4.74 Å². The third-order valence-electron chi connectivity index (χ3n) is 3.90. The first-order valence-corrected chi connectivity index (χ1v) is 6.14. The van der Waals surface area contributed by atoms with Gasteiger partial charge in [0.1, 0.15) is 6.10 Å². The molecule has 0 amide bonds. The van der Waals surface area contributed by atoms with Crippen molar-refractivity contribution in [3.63, 3.8) is 0 Å². The van der Waals surface area contributed by atoms with E-state index in [1.807, 2.05) is 18.2 Å². The summed E-state index contributed by atoms with van der Waals surface area (Å²) in [5.41, 5.74) is 2.36. The third-order valence-corrected chi connectivity index (χ3v) is 3.90. The van der Waals surface area contributed by atoms with Crippen molar-refractivity contribution in [2.75, 3.05) is 0 Å². The monoisotopic (exact) mass is 228 g/mol. The van der Waals surface area contributed by atoms with Crippen molar-refractivity contribution in [1.29, 1.82) is 0 Å². The molecule has 1 aliphatic heterocycles. The normalized spacial score (nSPS) is 31.7. The van der Waals surface area contributed by atoms with Crippen molar-refractivity contribution in [2.24, 2.45) is 5.41 Å². The standard InChI is InChI=1S/C15H16O2/c1-15-9-5-8-12(11-6-3-2-4-7-11)14(15)17-13(16)10-15/h2-4,6-8,14H,5,9-10H2,1H3/t14-,15-/m0/s1. The Morgan fingerprint density at radius 3 is 2.82 bits per heavy atom. The molecule has 1 fully saturated rings. The maximum Gasteiger partial charge on any atom is 0.307 e. The molecule has 1 aromatic carbocycles. The maximum absolute atomic E-state index is 11.5. The van der Waals surface area contributed by atoms with Crippen molar-refractivity contribution < 1.29 is 9.53 Å². The molecule has 1 aromatic rings. The number of ether oxygens (including phenoxy) is 1. The molecule has 0 unspecified atom stereocenters. The molecule has 2 heteroatoms. The zero-order valence-electron chi connectivity index (χ0n) is 9.98. The largest absolute Gasteiger partial charge is 0.457 e. The van der Waals surface area contributed by atoms with E-state index < -0.39 is 0 Å². The number of carbonyl (C=O) groups is 1. The fourth-order valence-corrected chi connectivity index (χ4v) is 2.96. The van der Waals surface area contributed by atoms with Gasteiger partial charge in [0.05, 0.1) is 6.42 Å². The summed E-state index contributed by atoms with van der Waals surface area (Å²) in [5.74, 6) is -0.0544. The summed E-state index contributed by atoms with van der Waals surface area (Å²) < 4.78 is 5.53. The van der Waals surface area contributed by atoms with Gasteiger partial charge in [-0.2, -0.15) is 0 Å². The van der Waals surface area contributed by atoms with Crippen LogP contribution in [0.4, 0.5) is 0 Å². The van der Waals surface area contributed by atoms with E-state index in [1.165, 1.54) is 11.1 Å². The lowest BCUT2D eigenvalue weighted by Crippen LogP contribution is -2.31. The van der Waals surface area contributed by atoms with Crippen LogP contribution >= 0.6 is 0 Å². The molecule has 17 heavy (non-hydrogen) atoms. The predicted molar refractivity (Wildman–Crippen MR) is 66.3 cm³/mol. The summed E-state index contributed by atoms with van der Waals surface area (Å²) >= 11 is 0. The topological polar surface area (TPSA) is 26.3 Å². The van der Waals surface area contributed by atoms with Crippen molar-refractivity contribution in [3.05, 3.63) is 42.0 Å². The first kappa shape index (κ1) is 10.6. The lowest BCUT2D eigenvalue weighted by molar-refractivity contribution is -0.139. The number of benzene rings is 1. The van der Waals surface area contributed by atoms with Gasteiger partial charge in [-0.25, -0.2) is 0 Å². The molecule has 3 rings (SSSR count). The van der Waals surface area contributed by atoms with E-state index in [0.29, 0.717) is 6.42 Å². The van der Waals surface area contributed by atoms with Crippen molar-refractivity contribution in [1.82, 2.24) is 0 Å². The zero-order chi connectivity index (χ0) is 11.9. The van der Waals surface area contributed by atoms with Crippen LogP contribution in [0.25, 0.3) is 5.57 Å².